The number of carbonyl (C=O) groups is 1. The number of nitrogens with one attached hydrogen (secondary N) is 2. The van der Waals surface area contributed by atoms with E-state index in [0.717, 1.165) is 27.8 Å². The van der Waals surface area contributed by atoms with Crippen LogP contribution in [0.3, 0.4) is 0 Å². The van der Waals surface area contributed by atoms with E-state index in [1.165, 1.54) is 23.8 Å². The molecular formula is C26H29ClN2O3S. The first-order chi connectivity index (χ1) is 15.4. The highest BCUT2D eigenvalue weighted by Gasteiger charge is 2.22. The van der Waals surface area contributed by atoms with Gasteiger partial charge >= 0.3 is 0 Å². The molecule has 0 aromatic heterocycles. The molecule has 0 radical (unpaired) electrons. The lowest BCUT2D eigenvalue weighted by atomic mass is 9.96. The van der Waals surface area contributed by atoms with Crippen molar-refractivity contribution in [2.24, 2.45) is 0 Å². The lowest BCUT2D eigenvalue weighted by Crippen LogP contribution is -2.27. The Hall–Kier alpha value is -2.83. The van der Waals surface area contributed by atoms with Crippen LogP contribution < -0.4 is 10.0 Å². The van der Waals surface area contributed by atoms with Gasteiger partial charge in [-0.15, -0.1) is 0 Å². The van der Waals surface area contributed by atoms with Crippen LogP contribution in [-0.2, 0) is 10.0 Å². The van der Waals surface area contributed by atoms with Crippen LogP contribution in [0.15, 0.2) is 53.4 Å². The number of rotatable bonds is 6. The number of aryl methyl sites for hydroxylation is 5. The van der Waals surface area contributed by atoms with Crippen LogP contribution in [0.1, 0.15) is 56.7 Å². The zero-order valence-corrected chi connectivity index (χ0v) is 21.3. The summed E-state index contributed by atoms with van der Waals surface area (Å²) in [4.78, 5) is 12.8. The van der Waals surface area contributed by atoms with E-state index in [1.807, 2.05) is 40.7 Å². The lowest BCUT2D eigenvalue weighted by Gasteiger charge is -2.19. The van der Waals surface area contributed by atoms with Gasteiger partial charge in [0.05, 0.1) is 11.1 Å². The second-order valence-corrected chi connectivity index (χ2v) is 10.6. The summed E-state index contributed by atoms with van der Waals surface area (Å²) in [6.45, 7) is 11.9. The van der Waals surface area contributed by atoms with Gasteiger partial charge in [0.1, 0.15) is 4.90 Å². The molecule has 0 aliphatic heterocycles. The van der Waals surface area contributed by atoms with Crippen molar-refractivity contribution in [3.8, 4) is 0 Å². The largest absolute Gasteiger partial charge is 0.346 e. The molecular weight excluding hydrogens is 456 g/mol. The van der Waals surface area contributed by atoms with Gasteiger partial charge in [-0.05, 0) is 105 Å². The normalized spacial score (nSPS) is 12.3. The molecule has 0 aliphatic carbocycles. The Morgan fingerprint density at radius 2 is 1.45 bits per heavy atom. The molecule has 0 fully saturated rings. The number of halogens is 1. The Morgan fingerprint density at radius 3 is 2.12 bits per heavy atom. The average molecular weight is 485 g/mol. The van der Waals surface area contributed by atoms with Gasteiger partial charge in [-0.25, -0.2) is 8.42 Å². The smallest absolute Gasteiger partial charge is 0.263 e. The zero-order valence-electron chi connectivity index (χ0n) is 19.7. The van der Waals surface area contributed by atoms with Crippen LogP contribution in [0.25, 0.3) is 0 Å². The van der Waals surface area contributed by atoms with E-state index in [1.54, 1.807) is 12.1 Å². The summed E-state index contributed by atoms with van der Waals surface area (Å²) < 4.78 is 28.6. The number of anilines is 1. The Labute approximate surface area is 201 Å². The van der Waals surface area contributed by atoms with Crippen LogP contribution in [0.5, 0.6) is 0 Å². The number of benzene rings is 3. The van der Waals surface area contributed by atoms with E-state index in [-0.39, 0.29) is 27.4 Å². The first kappa shape index (κ1) is 24.8. The summed E-state index contributed by atoms with van der Waals surface area (Å²) in [7, 11) is -3.99. The van der Waals surface area contributed by atoms with Crippen molar-refractivity contribution in [1.29, 1.82) is 0 Å². The van der Waals surface area contributed by atoms with Crippen LogP contribution in [0.2, 0.25) is 5.02 Å². The molecule has 0 spiro atoms. The molecule has 0 bridgehead atoms. The fourth-order valence-electron chi connectivity index (χ4n) is 3.67. The highest BCUT2D eigenvalue weighted by atomic mass is 35.5. The summed E-state index contributed by atoms with van der Waals surface area (Å²) in [5.41, 5.74) is 7.11. The van der Waals surface area contributed by atoms with Gasteiger partial charge in [0, 0.05) is 11.3 Å². The third-order valence-electron chi connectivity index (χ3n) is 5.94. The number of hydrogen-bond acceptors (Lipinski definition) is 3. The second-order valence-electron chi connectivity index (χ2n) is 8.54. The van der Waals surface area contributed by atoms with Gasteiger partial charge in [-0.1, -0.05) is 29.8 Å². The summed E-state index contributed by atoms with van der Waals surface area (Å²) in [6.07, 6.45) is 0. The molecule has 5 nitrogen and oxygen atoms in total. The standard InChI is InChI=1S/C26H29ClN2O3S/c1-15-7-9-22(12-17(15)3)29-33(31,32)25-14-21(8-10-24(25)27)26(30)28-20(6)23-13-18(4)16(2)11-19(23)5/h7-14,20,29H,1-6H3,(H,28,30)/t20-/m0/s1. The molecule has 1 amide bonds. The first-order valence-electron chi connectivity index (χ1n) is 10.7. The van der Waals surface area contributed by atoms with Crippen molar-refractivity contribution in [2.45, 2.75) is 52.5 Å². The fourth-order valence-corrected chi connectivity index (χ4v) is 5.25. The third kappa shape index (κ3) is 5.57. The Morgan fingerprint density at radius 1 is 0.818 bits per heavy atom. The van der Waals surface area contributed by atoms with Gasteiger partial charge in [-0.3, -0.25) is 9.52 Å². The maximum Gasteiger partial charge on any atom is 0.263 e. The second kappa shape index (κ2) is 9.57. The number of hydrogen-bond donors (Lipinski definition) is 2. The van der Waals surface area contributed by atoms with Crippen LogP contribution in [0.4, 0.5) is 5.69 Å². The molecule has 174 valence electrons. The molecule has 3 aromatic rings. The van der Waals surface area contributed by atoms with E-state index < -0.39 is 10.0 Å². The Kier molecular flexibility index (Phi) is 7.20. The lowest BCUT2D eigenvalue weighted by molar-refractivity contribution is 0.0939. The predicted octanol–water partition coefficient (Wildman–Crippen LogP) is 6.17. The molecule has 33 heavy (non-hydrogen) atoms. The Balaban J connectivity index is 1.86. The first-order valence-corrected chi connectivity index (χ1v) is 12.5. The molecule has 3 rings (SSSR count). The summed E-state index contributed by atoms with van der Waals surface area (Å²) in [5.74, 6) is -0.376. The molecule has 0 heterocycles. The topological polar surface area (TPSA) is 75.3 Å². The minimum absolute atomic E-state index is 0.0425. The van der Waals surface area contributed by atoms with E-state index in [0.29, 0.717) is 5.69 Å². The third-order valence-corrected chi connectivity index (χ3v) is 7.80. The number of carbonyl (C=O) groups excluding carboxylic acids is 1. The molecule has 0 aliphatic rings. The van der Waals surface area contributed by atoms with Crippen LogP contribution in [-0.4, -0.2) is 14.3 Å². The van der Waals surface area contributed by atoms with E-state index in [2.05, 4.69) is 29.1 Å². The van der Waals surface area contributed by atoms with Gasteiger partial charge in [-0.2, -0.15) is 0 Å². The van der Waals surface area contributed by atoms with E-state index in [4.69, 9.17) is 11.6 Å². The highest BCUT2D eigenvalue weighted by Crippen LogP contribution is 2.27. The number of amides is 1. The van der Waals surface area contributed by atoms with Gasteiger partial charge in [0.15, 0.2) is 0 Å². The van der Waals surface area contributed by atoms with Gasteiger partial charge in [0.25, 0.3) is 15.9 Å². The Bertz CT molecular complexity index is 1330. The fraction of sp³-hybridized carbons (Fsp3) is 0.269. The molecule has 0 saturated heterocycles. The van der Waals surface area contributed by atoms with Crippen molar-refractivity contribution < 1.29 is 13.2 Å². The summed E-state index contributed by atoms with van der Waals surface area (Å²) in [6, 6.07) is 13.5. The van der Waals surface area contributed by atoms with Crippen LogP contribution >= 0.6 is 11.6 Å². The van der Waals surface area contributed by atoms with Gasteiger partial charge < -0.3 is 5.32 Å². The van der Waals surface area contributed by atoms with Crippen molar-refractivity contribution in [3.05, 3.63) is 92.5 Å². The van der Waals surface area contributed by atoms with Crippen molar-refractivity contribution >= 4 is 33.2 Å². The SMILES string of the molecule is Cc1ccc(NS(=O)(=O)c2cc(C(=O)N[C@@H](C)c3cc(C)c(C)cc3C)ccc2Cl)cc1C. The molecule has 0 saturated carbocycles. The highest BCUT2D eigenvalue weighted by molar-refractivity contribution is 7.92. The minimum atomic E-state index is -3.99. The molecule has 1 atom stereocenters. The minimum Gasteiger partial charge on any atom is -0.346 e. The average Bonchev–Trinajstić information content (AvgIpc) is 2.73. The summed E-state index contributed by atoms with van der Waals surface area (Å²) >= 11 is 6.21. The molecule has 3 aromatic carbocycles. The number of sulfonamides is 1. The summed E-state index contributed by atoms with van der Waals surface area (Å²) in [5, 5.41) is 3.01. The molecule has 7 heteroatoms. The molecule has 2 N–H and O–H groups in total. The monoisotopic (exact) mass is 484 g/mol. The van der Waals surface area contributed by atoms with Crippen molar-refractivity contribution in [3.63, 3.8) is 0 Å². The molecule has 0 unspecified atom stereocenters. The van der Waals surface area contributed by atoms with E-state index >= 15 is 0 Å². The maximum absolute atomic E-state index is 13.0. The quantitative estimate of drug-likeness (QED) is 0.439. The van der Waals surface area contributed by atoms with E-state index in [9.17, 15) is 13.2 Å². The predicted molar refractivity (Wildman–Crippen MR) is 135 cm³/mol. The van der Waals surface area contributed by atoms with Crippen molar-refractivity contribution in [1.82, 2.24) is 5.32 Å². The zero-order chi connectivity index (χ0) is 24.5. The maximum atomic E-state index is 13.0. The van der Waals surface area contributed by atoms with Crippen LogP contribution in [0, 0.1) is 34.6 Å². The van der Waals surface area contributed by atoms with Gasteiger partial charge in [0.2, 0.25) is 0 Å². The van der Waals surface area contributed by atoms with Crippen molar-refractivity contribution in [2.75, 3.05) is 4.72 Å².